The van der Waals surface area contributed by atoms with Crippen LogP contribution in [-0.4, -0.2) is 10.1 Å². The molecule has 2 rings (SSSR count). The van der Waals surface area contributed by atoms with Crippen molar-refractivity contribution in [3.05, 3.63) is 47.1 Å². The number of hydrogen-bond donors (Lipinski definition) is 1. The normalized spacial score (nSPS) is 12.7. The Labute approximate surface area is 96.4 Å². The smallest absolute Gasteiger partial charge is 0.226 e. The van der Waals surface area contributed by atoms with E-state index in [9.17, 15) is 8.78 Å². The first kappa shape index (κ1) is 11.7. The Hall–Kier alpha value is -1.82. The Balaban J connectivity index is 2.29. The molecule has 1 aromatic heterocycles. The van der Waals surface area contributed by atoms with Crippen LogP contribution in [0.2, 0.25) is 0 Å². The van der Waals surface area contributed by atoms with Crippen molar-refractivity contribution >= 4 is 0 Å². The number of aromatic nitrogens is 2. The highest BCUT2D eigenvalue weighted by Gasteiger charge is 2.17. The van der Waals surface area contributed by atoms with Crippen molar-refractivity contribution < 1.29 is 13.3 Å². The maximum Gasteiger partial charge on any atom is 0.226 e. The fourth-order valence-corrected chi connectivity index (χ4v) is 1.39. The van der Waals surface area contributed by atoms with Gasteiger partial charge in [0.2, 0.25) is 5.89 Å². The highest BCUT2D eigenvalue weighted by Crippen LogP contribution is 2.19. The molecule has 1 atom stereocenters. The topological polar surface area (TPSA) is 64.9 Å². The molecule has 0 saturated carbocycles. The molecule has 0 aliphatic heterocycles. The van der Waals surface area contributed by atoms with Crippen LogP contribution in [0.1, 0.15) is 30.2 Å². The summed E-state index contributed by atoms with van der Waals surface area (Å²) in [4.78, 5) is 4.04. The van der Waals surface area contributed by atoms with Crippen LogP contribution in [-0.2, 0) is 6.42 Å². The number of aryl methyl sites for hydroxylation is 1. The summed E-state index contributed by atoms with van der Waals surface area (Å²) in [6, 6.07) is 2.72. The minimum atomic E-state index is -0.947. The van der Waals surface area contributed by atoms with E-state index in [1.54, 1.807) is 0 Å². The van der Waals surface area contributed by atoms with E-state index in [1.165, 1.54) is 6.07 Å². The zero-order valence-corrected chi connectivity index (χ0v) is 9.15. The molecule has 1 heterocycles. The molecule has 0 amide bonds. The average Bonchev–Trinajstić information content (AvgIpc) is 2.80. The quantitative estimate of drug-likeness (QED) is 0.889. The van der Waals surface area contributed by atoms with Crippen molar-refractivity contribution in [1.29, 1.82) is 0 Å². The number of rotatable bonds is 3. The summed E-state index contributed by atoms with van der Waals surface area (Å²) in [7, 11) is 0. The number of halogens is 2. The molecule has 0 aliphatic rings. The van der Waals surface area contributed by atoms with Gasteiger partial charge in [-0.3, -0.25) is 0 Å². The first-order valence-corrected chi connectivity index (χ1v) is 5.14. The average molecular weight is 239 g/mol. The highest BCUT2D eigenvalue weighted by molar-refractivity contribution is 5.25. The molecule has 6 heteroatoms. The Morgan fingerprint density at radius 1 is 1.35 bits per heavy atom. The molecular weight excluding hydrogens is 228 g/mol. The Morgan fingerprint density at radius 2 is 2.12 bits per heavy atom. The minimum absolute atomic E-state index is 0.257. The van der Waals surface area contributed by atoms with Crippen molar-refractivity contribution in [3.8, 4) is 0 Å². The van der Waals surface area contributed by atoms with Crippen LogP contribution in [0.3, 0.4) is 0 Å². The van der Waals surface area contributed by atoms with E-state index in [4.69, 9.17) is 10.3 Å². The van der Waals surface area contributed by atoms with E-state index in [0.717, 1.165) is 12.1 Å². The summed E-state index contributed by atoms with van der Waals surface area (Å²) in [6.07, 6.45) is 0.595. The fourth-order valence-electron chi connectivity index (χ4n) is 1.39. The molecule has 0 radical (unpaired) electrons. The number of hydrogen-bond acceptors (Lipinski definition) is 4. The van der Waals surface area contributed by atoms with E-state index in [0.29, 0.717) is 17.9 Å². The van der Waals surface area contributed by atoms with Gasteiger partial charge in [-0.1, -0.05) is 18.1 Å². The van der Waals surface area contributed by atoms with Gasteiger partial charge < -0.3 is 10.3 Å². The molecule has 0 aliphatic carbocycles. The van der Waals surface area contributed by atoms with Crippen LogP contribution < -0.4 is 5.73 Å². The standard InChI is InChI=1S/C11H11F2N3O/c1-2-9-15-11(16-17-9)10(14)6-3-4-7(12)8(13)5-6/h3-5,10H,2,14H2,1H3. The predicted molar refractivity (Wildman–Crippen MR) is 56.1 cm³/mol. The summed E-state index contributed by atoms with van der Waals surface area (Å²) in [5.41, 5.74) is 6.22. The van der Waals surface area contributed by atoms with E-state index in [1.807, 2.05) is 6.92 Å². The predicted octanol–water partition coefficient (Wildman–Crippen LogP) is 1.96. The van der Waals surface area contributed by atoms with Crippen molar-refractivity contribution in [2.75, 3.05) is 0 Å². The van der Waals surface area contributed by atoms with Gasteiger partial charge in [0.15, 0.2) is 17.5 Å². The fraction of sp³-hybridized carbons (Fsp3) is 0.273. The lowest BCUT2D eigenvalue weighted by Crippen LogP contribution is -2.14. The molecular formula is C11H11F2N3O. The summed E-state index contributed by atoms with van der Waals surface area (Å²) >= 11 is 0. The SMILES string of the molecule is CCc1nc(C(N)c2ccc(F)c(F)c2)no1. The van der Waals surface area contributed by atoms with Crippen LogP contribution in [0.25, 0.3) is 0 Å². The van der Waals surface area contributed by atoms with Crippen LogP contribution in [0.5, 0.6) is 0 Å². The third-order valence-electron chi connectivity index (χ3n) is 2.37. The molecule has 1 aromatic carbocycles. The summed E-state index contributed by atoms with van der Waals surface area (Å²) in [6.45, 7) is 1.86. The third-order valence-corrected chi connectivity index (χ3v) is 2.37. The number of benzene rings is 1. The Morgan fingerprint density at radius 3 is 2.71 bits per heavy atom. The van der Waals surface area contributed by atoms with Gasteiger partial charge >= 0.3 is 0 Å². The Bertz CT molecular complexity index is 527. The molecule has 2 N–H and O–H groups in total. The monoisotopic (exact) mass is 239 g/mol. The van der Waals surface area contributed by atoms with Gasteiger partial charge in [0.05, 0.1) is 6.04 Å². The van der Waals surface area contributed by atoms with E-state index >= 15 is 0 Å². The van der Waals surface area contributed by atoms with Gasteiger partial charge in [0, 0.05) is 6.42 Å². The van der Waals surface area contributed by atoms with Crippen molar-refractivity contribution in [2.45, 2.75) is 19.4 Å². The van der Waals surface area contributed by atoms with Crippen molar-refractivity contribution in [1.82, 2.24) is 10.1 Å². The number of nitrogens with zero attached hydrogens (tertiary/aromatic N) is 2. The molecule has 1 unspecified atom stereocenters. The lowest BCUT2D eigenvalue weighted by molar-refractivity contribution is 0.375. The van der Waals surface area contributed by atoms with Crippen LogP contribution >= 0.6 is 0 Å². The van der Waals surface area contributed by atoms with E-state index in [2.05, 4.69) is 10.1 Å². The summed E-state index contributed by atoms with van der Waals surface area (Å²) < 4.78 is 30.7. The third kappa shape index (κ3) is 2.31. The second-order valence-electron chi connectivity index (χ2n) is 3.55. The van der Waals surface area contributed by atoms with Gasteiger partial charge in [-0.05, 0) is 17.7 Å². The first-order valence-electron chi connectivity index (χ1n) is 5.14. The van der Waals surface area contributed by atoms with Crippen LogP contribution in [0, 0.1) is 11.6 Å². The molecule has 2 aromatic rings. The van der Waals surface area contributed by atoms with E-state index in [-0.39, 0.29) is 5.82 Å². The summed E-state index contributed by atoms with van der Waals surface area (Å²) in [5, 5.41) is 3.69. The van der Waals surface area contributed by atoms with Crippen LogP contribution in [0.15, 0.2) is 22.7 Å². The van der Waals surface area contributed by atoms with Gasteiger partial charge in [-0.25, -0.2) is 8.78 Å². The molecule has 0 spiro atoms. The second-order valence-corrected chi connectivity index (χ2v) is 3.55. The second kappa shape index (κ2) is 4.58. The van der Waals surface area contributed by atoms with Gasteiger partial charge in [0.25, 0.3) is 0 Å². The molecule has 0 saturated heterocycles. The van der Waals surface area contributed by atoms with E-state index < -0.39 is 17.7 Å². The minimum Gasteiger partial charge on any atom is -0.339 e. The van der Waals surface area contributed by atoms with Crippen LogP contribution in [0.4, 0.5) is 8.78 Å². The maximum atomic E-state index is 13.0. The Kier molecular flexibility index (Phi) is 3.14. The molecule has 4 nitrogen and oxygen atoms in total. The highest BCUT2D eigenvalue weighted by atomic mass is 19.2. The van der Waals surface area contributed by atoms with Crippen molar-refractivity contribution in [2.24, 2.45) is 5.73 Å². The molecule has 90 valence electrons. The lowest BCUT2D eigenvalue weighted by Gasteiger charge is -2.07. The maximum absolute atomic E-state index is 13.0. The molecule has 0 bridgehead atoms. The zero-order valence-electron chi connectivity index (χ0n) is 9.15. The first-order chi connectivity index (χ1) is 8.11. The van der Waals surface area contributed by atoms with Gasteiger partial charge in [-0.2, -0.15) is 4.98 Å². The van der Waals surface area contributed by atoms with Gasteiger partial charge in [0.1, 0.15) is 0 Å². The number of nitrogens with two attached hydrogens (primary N) is 1. The van der Waals surface area contributed by atoms with Gasteiger partial charge in [-0.15, -0.1) is 0 Å². The zero-order chi connectivity index (χ0) is 12.4. The molecule has 0 fully saturated rings. The summed E-state index contributed by atoms with van der Waals surface area (Å²) in [5.74, 6) is -1.15. The molecule has 17 heavy (non-hydrogen) atoms. The van der Waals surface area contributed by atoms with Crippen molar-refractivity contribution in [3.63, 3.8) is 0 Å². The lowest BCUT2D eigenvalue weighted by atomic mass is 10.1. The largest absolute Gasteiger partial charge is 0.339 e.